The third-order valence-electron chi connectivity index (χ3n) is 3.14. The quantitative estimate of drug-likeness (QED) is 0.413. The molecule has 0 unspecified atom stereocenters. The Morgan fingerprint density at radius 1 is 1.04 bits per heavy atom. The van der Waals surface area contributed by atoms with Crippen LogP contribution in [-0.2, 0) is 14.4 Å². The van der Waals surface area contributed by atoms with Gasteiger partial charge in [-0.15, -0.1) is 0 Å². The van der Waals surface area contributed by atoms with Crippen LogP contribution in [0.25, 0.3) is 0 Å². The summed E-state index contributed by atoms with van der Waals surface area (Å²) < 4.78 is 4.99. The van der Waals surface area contributed by atoms with Gasteiger partial charge in [-0.25, -0.2) is 10.2 Å². The summed E-state index contributed by atoms with van der Waals surface area (Å²) in [6.07, 6.45) is 1.35. The molecule has 134 valence electrons. The molecular weight excluding hydrogens is 338 g/mol. The van der Waals surface area contributed by atoms with Crippen molar-refractivity contribution >= 4 is 29.7 Å². The third kappa shape index (κ3) is 6.08. The molecule has 0 saturated heterocycles. The Balaban J connectivity index is 1.83. The van der Waals surface area contributed by atoms with Gasteiger partial charge in [0.2, 0.25) is 0 Å². The van der Waals surface area contributed by atoms with Gasteiger partial charge in [0.05, 0.1) is 6.21 Å². The summed E-state index contributed by atoms with van der Waals surface area (Å²) in [5.41, 5.74) is 4.31. The topological polar surface area (TPSA) is 117 Å². The molecule has 0 fully saturated rings. The number of hydrazone groups is 1. The minimum Gasteiger partial charge on any atom is -0.482 e. The van der Waals surface area contributed by atoms with Gasteiger partial charge in [0.25, 0.3) is 0 Å². The van der Waals surface area contributed by atoms with E-state index in [2.05, 4.69) is 15.8 Å². The molecule has 3 N–H and O–H groups in total. The minimum absolute atomic E-state index is 0.395. The van der Waals surface area contributed by atoms with Crippen molar-refractivity contribution in [3.8, 4) is 5.75 Å². The zero-order chi connectivity index (χ0) is 18.9. The summed E-state index contributed by atoms with van der Waals surface area (Å²) in [4.78, 5) is 33.9. The lowest BCUT2D eigenvalue weighted by molar-refractivity contribution is -0.139. The number of hydrogen-bond acceptors (Lipinski definition) is 5. The maximum atomic E-state index is 11.7. The van der Waals surface area contributed by atoms with Gasteiger partial charge in [0.1, 0.15) is 5.75 Å². The van der Waals surface area contributed by atoms with Crippen molar-refractivity contribution in [3.63, 3.8) is 0 Å². The van der Waals surface area contributed by atoms with E-state index < -0.39 is 24.4 Å². The van der Waals surface area contributed by atoms with Gasteiger partial charge < -0.3 is 15.2 Å². The molecule has 0 radical (unpaired) electrons. The summed E-state index contributed by atoms with van der Waals surface area (Å²) in [6, 6.07) is 13.4. The average Bonchev–Trinajstić information content (AvgIpc) is 2.62. The molecule has 0 bridgehead atoms. The molecular formula is C18H17N3O5. The molecule has 2 aromatic rings. The largest absolute Gasteiger partial charge is 0.482 e. The van der Waals surface area contributed by atoms with Crippen LogP contribution < -0.4 is 15.5 Å². The highest BCUT2D eigenvalue weighted by Crippen LogP contribution is 2.11. The average molecular weight is 355 g/mol. The molecule has 8 heteroatoms. The Morgan fingerprint density at radius 2 is 1.69 bits per heavy atom. The Bertz CT molecular complexity index is 814. The van der Waals surface area contributed by atoms with Gasteiger partial charge in [-0.05, 0) is 48.9 Å². The highest BCUT2D eigenvalue weighted by Gasteiger charge is 2.12. The Hall–Kier alpha value is -3.68. The van der Waals surface area contributed by atoms with E-state index in [1.54, 1.807) is 36.4 Å². The van der Waals surface area contributed by atoms with Crippen LogP contribution in [0.5, 0.6) is 5.75 Å². The van der Waals surface area contributed by atoms with Crippen LogP contribution in [0.15, 0.2) is 53.6 Å². The van der Waals surface area contributed by atoms with Crippen LogP contribution in [0.4, 0.5) is 5.69 Å². The van der Waals surface area contributed by atoms with Crippen molar-refractivity contribution in [1.82, 2.24) is 5.43 Å². The molecule has 0 saturated carbocycles. The molecule has 0 aromatic heterocycles. The Kier molecular flexibility index (Phi) is 6.44. The van der Waals surface area contributed by atoms with Crippen molar-refractivity contribution in [1.29, 1.82) is 0 Å². The first-order valence-electron chi connectivity index (χ1n) is 7.60. The summed E-state index contributed by atoms with van der Waals surface area (Å²) in [5.74, 6) is -2.40. The van der Waals surface area contributed by atoms with E-state index in [0.29, 0.717) is 17.0 Å². The molecule has 8 nitrogen and oxygen atoms in total. The van der Waals surface area contributed by atoms with E-state index in [1.165, 1.54) is 6.21 Å². The summed E-state index contributed by atoms with van der Waals surface area (Å²) in [6.45, 7) is 1.48. The second-order valence-corrected chi connectivity index (χ2v) is 5.27. The lowest BCUT2D eigenvalue weighted by atomic mass is 10.2. The van der Waals surface area contributed by atoms with Crippen molar-refractivity contribution in [2.45, 2.75) is 6.92 Å². The van der Waals surface area contributed by atoms with Crippen LogP contribution in [0.2, 0.25) is 0 Å². The summed E-state index contributed by atoms with van der Waals surface area (Å²) in [7, 11) is 0. The summed E-state index contributed by atoms with van der Waals surface area (Å²) >= 11 is 0. The van der Waals surface area contributed by atoms with Gasteiger partial charge >= 0.3 is 17.8 Å². The standard InChI is InChI=1S/C18H17N3O5/c1-12-2-6-14(7-3-12)20-17(24)18(25)21-19-10-13-4-8-15(9-5-13)26-11-16(22)23/h2-10H,11H2,1H3,(H,20,24)(H,21,25)(H,22,23)/b19-10-. The van der Waals surface area contributed by atoms with Gasteiger partial charge in [-0.1, -0.05) is 17.7 Å². The van der Waals surface area contributed by atoms with E-state index in [4.69, 9.17) is 9.84 Å². The predicted molar refractivity (Wildman–Crippen MR) is 95.1 cm³/mol. The van der Waals surface area contributed by atoms with Crippen LogP contribution in [-0.4, -0.2) is 35.7 Å². The molecule has 2 aromatic carbocycles. The smallest absolute Gasteiger partial charge is 0.341 e. The predicted octanol–water partition coefficient (Wildman–Crippen LogP) is 1.55. The van der Waals surface area contributed by atoms with Crippen molar-refractivity contribution in [3.05, 3.63) is 59.7 Å². The maximum absolute atomic E-state index is 11.7. The van der Waals surface area contributed by atoms with E-state index in [0.717, 1.165) is 5.56 Å². The van der Waals surface area contributed by atoms with Crippen molar-refractivity contribution in [2.24, 2.45) is 5.10 Å². The molecule has 0 heterocycles. The van der Waals surface area contributed by atoms with Crippen LogP contribution in [0.1, 0.15) is 11.1 Å². The number of hydrogen-bond donors (Lipinski definition) is 3. The zero-order valence-corrected chi connectivity index (χ0v) is 13.9. The van der Waals surface area contributed by atoms with Gasteiger partial charge in [-0.2, -0.15) is 5.10 Å². The van der Waals surface area contributed by atoms with E-state index >= 15 is 0 Å². The molecule has 26 heavy (non-hydrogen) atoms. The SMILES string of the molecule is Cc1ccc(NC(=O)C(=O)N/N=C\c2ccc(OCC(=O)O)cc2)cc1. The minimum atomic E-state index is -1.07. The van der Waals surface area contributed by atoms with Crippen molar-refractivity contribution < 1.29 is 24.2 Å². The van der Waals surface area contributed by atoms with Gasteiger partial charge in [-0.3, -0.25) is 9.59 Å². The number of amides is 2. The maximum Gasteiger partial charge on any atom is 0.341 e. The van der Waals surface area contributed by atoms with Crippen LogP contribution in [0, 0.1) is 6.92 Å². The molecule has 0 aliphatic heterocycles. The lowest BCUT2D eigenvalue weighted by Crippen LogP contribution is -2.32. The lowest BCUT2D eigenvalue weighted by Gasteiger charge is -2.04. The highest BCUT2D eigenvalue weighted by molar-refractivity contribution is 6.39. The number of carbonyl (C=O) groups is 3. The first-order chi connectivity index (χ1) is 12.4. The van der Waals surface area contributed by atoms with E-state index in [-0.39, 0.29) is 0 Å². The second-order valence-electron chi connectivity index (χ2n) is 5.27. The number of ether oxygens (including phenoxy) is 1. The first kappa shape index (κ1) is 18.7. The number of aliphatic carboxylic acids is 1. The number of aryl methyl sites for hydroxylation is 1. The van der Waals surface area contributed by atoms with Gasteiger partial charge in [0, 0.05) is 5.69 Å². The van der Waals surface area contributed by atoms with E-state index in [9.17, 15) is 14.4 Å². The van der Waals surface area contributed by atoms with Crippen LogP contribution >= 0.6 is 0 Å². The Labute approximate surface area is 149 Å². The first-order valence-corrected chi connectivity index (χ1v) is 7.60. The fourth-order valence-electron chi connectivity index (χ4n) is 1.84. The number of nitrogens with zero attached hydrogens (tertiary/aromatic N) is 1. The third-order valence-corrected chi connectivity index (χ3v) is 3.14. The fourth-order valence-corrected chi connectivity index (χ4v) is 1.84. The monoisotopic (exact) mass is 355 g/mol. The molecule has 2 rings (SSSR count). The molecule has 0 aliphatic rings. The normalized spacial score (nSPS) is 10.3. The molecule has 0 aliphatic carbocycles. The number of carboxylic acids is 1. The van der Waals surface area contributed by atoms with E-state index in [1.807, 2.05) is 19.1 Å². The molecule has 0 spiro atoms. The van der Waals surface area contributed by atoms with Crippen molar-refractivity contribution in [2.75, 3.05) is 11.9 Å². The fraction of sp³-hybridized carbons (Fsp3) is 0.111. The molecule has 0 atom stereocenters. The van der Waals surface area contributed by atoms with Crippen LogP contribution in [0.3, 0.4) is 0 Å². The van der Waals surface area contributed by atoms with Gasteiger partial charge in [0.15, 0.2) is 6.61 Å². The number of rotatable bonds is 6. The number of carbonyl (C=O) groups excluding carboxylic acids is 2. The number of carboxylic acid groups (broad SMARTS) is 1. The summed E-state index contributed by atoms with van der Waals surface area (Å²) in [5, 5.41) is 14.7. The second kappa shape index (κ2) is 8.97. The highest BCUT2D eigenvalue weighted by atomic mass is 16.5. The Morgan fingerprint density at radius 3 is 2.31 bits per heavy atom. The zero-order valence-electron chi connectivity index (χ0n) is 13.9. The molecule has 2 amide bonds. The number of benzene rings is 2. The number of nitrogens with one attached hydrogen (secondary N) is 2. The number of anilines is 1.